The Kier molecular flexibility index (Phi) is 6.17. The van der Waals surface area contributed by atoms with Crippen molar-refractivity contribution in [3.05, 3.63) is 17.5 Å². The average molecular weight is 297 g/mol. The van der Waals surface area contributed by atoms with Gasteiger partial charge in [-0.1, -0.05) is 5.16 Å². The largest absolute Gasteiger partial charge is 0.389 e. The lowest BCUT2D eigenvalue weighted by atomic mass is 10.2. The van der Waals surface area contributed by atoms with Crippen LogP contribution >= 0.6 is 0 Å². The molecule has 6 heteroatoms. The lowest BCUT2D eigenvalue weighted by Crippen LogP contribution is -2.48. The van der Waals surface area contributed by atoms with Gasteiger partial charge in [-0.15, -0.1) is 0 Å². The average Bonchev–Trinajstić information content (AvgIpc) is 2.84. The Balaban J connectivity index is 1.66. The SMILES string of the molecule is Cc1cc(CN2CCN(CC(O)COC(C)C)CC2)on1. The summed E-state index contributed by atoms with van der Waals surface area (Å²) in [5, 5.41) is 13.9. The van der Waals surface area contributed by atoms with E-state index in [0.29, 0.717) is 13.2 Å². The third kappa shape index (κ3) is 5.74. The Morgan fingerprint density at radius 3 is 2.52 bits per heavy atom. The summed E-state index contributed by atoms with van der Waals surface area (Å²) in [6, 6.07) is 1.99. The van der Waals surface area contributed by atoms with E-state index in [1.54, 1.807) is 0 Å². The Labute approximate surface area is 126 Å². The molecule has 1 aromatic heterocycles. The number of hydrogen-bond donors (Lipinski definition) is 1. The summed E-state index contributed by atoms with van der Waals surface area (Å²) in [5.41, 5.74) is 0.928. The summed E-state index contributed by atoms with van der Waals surface area (Å²) in [5.74, 6) is 0.923. The standard InChI is InChI=1S/C15H27N3O3/c1-12(2)20-11-14(19)9-17-4-6-18(7-5-17)10-15-8-13(3)16-21-15/h8,12,14,19H,4-7,9-11H2,1-3H3. The second-order valence-corrected chi connectivity index (χ2v) is 6.05. The second kappa shape index (κ2) is 7.89. The highest BCUT2D eigenvalue weighted by Crippen LogP contribution is 2.10. The Morgan fingerprint density at radius 2 is 1.95 bits per heavy atom. The van der Waals surface area contributed by atoms with Crippen LogP contribution in [0.4, 0.5) is 0 Å². The van der Waals surface area contributed by atoms with Crippen molar-refractivity contribution in [1.29, 1.82) is 0 Å². The molecule has 0 aromatic carbocycles. The van der Waals surface area contributed by atoms with Crippen LogP contribution in [0.5, 0.6) is 0 Å². The van der Waals surface area contributed by atoms with E-state index in [1.165, 1.54) is 0 Å². The third-order valence-corrected chi connectivity index (χ3v) is 3.61. The van der Waals surface area contributed by atoms with E-state index in [1.807, 2.05) is 26.8 Å². The molecule has 0 saturated carbocycles. The molecule has 2 rings (SSSR count). The number of piperazine rings is 1. The Bertz CT molecular complexity index is 414. The van der Waals surface area contributed by atoms with Gasteiger partial charge in [0.05, 0.1) is 31.1 Å². The maximum Gasteiger partial charge on any atom is 0.150 e. The first kappa shape index (κ1) is 16.4. The molecule has 0 radical (unpaired) electrons. The number of nitrogens with zero attached hydrogens (tertiary/aromatic N) is 3. The Morgan fingerprint density at radius 1 is 1.29 bits per heavy atom. The van der Waals surface area contributed by atoms with Crippen LogP contribution in [0.3, 0.4) is 0 Å². The molecule has 1 aliphatic rings. The molecule has 1 atom stereocenters. The summed E-state index contributed by atoms with van der Waals surface area (Å²) in [4.78, 5) is 4.64. The van der Waals surface area contributed by atoms with Gasteiger partial charge in [-0.3, -0.25) is 9.80 Å². The minimum Gasteiger partial charge on any atom is -0.389 e. The predicted octanol–water partition coefficient (Wildman–Crippen LogP) is 0.887. The van der Waals surface area contributed by atoms with Crippen molar-refractivity contribution < 1.29 is 14.4 Å². The van der Waals surface area contributed by atoms with E-state index in [2.05, 4.69) is 15.0 Å². The van der Waals surface area contributed by atoms with Crippen LogP contribution in [0.1, 0.15) is 25.3 Å². The first-order valence-corrected chi connectivity index (χ1v) is 7.69. The highest BCUT2D eigenvalue weighted by atomic mass is 16.5. The molecule has 1 N–H and O–H groups in total. The van der Waals surface area contributed by atoms with Gasteiger partial charge in [0.15, 0.2) is 5.76 Å². The van der Waals surface area contributed by atoms with Crippen LogP contribution in [0.25, 0.3) is 0 Å². The van der Waals surface area contributed by atoms with Crippen LogP contribution in [0, 0.1) is 6.92 Å². The van der Waals surface area contributed by atoms with Crippen molar-refractivity contribution in [3.8, 4) is 0 Å². The van der Waals surface area contributed by atoms with Gasteiger partial charge < -0.3 is 14.4 Å². The summed E-state index contributed by atoms with van der Waals surface area (Å²) >= 11 is 0. The monoisotopic (exact) mass is 297 g/mol. The van der Waals surface area contributed by atoms with Crippen LogP contribution in [0.15, 0.2) is 10.6 Å². The quantitative estimate of drug-likeness (QED) is 0.806. The zero-order chi connectivity index (χ0) is 15.2. The van der Waals surface area contributed by atoms with Gasteiger partial charge in [-0.2, -0.15) is 0 Å². The van der Waals surface area contributed by atoms with Gasteiger partial charge >= 0.3 is 0 Å². The smallest absolute Gasteiger partial charge is 0.150 e. The van der Waals surface area contributed by atoms with Crippen molar-refractivity contribution >= 4 is 0 Å². The molecule has 6 nitrogen and oxygen atoms in total. The van der Waals surface area contributed by atoms with Crippen molar-refractivity contribution in [2.45, 2.75) is 39.5 Å². The van der Waals surface area contributed by atoms with Gasteiger partial charge in [0.25, 0.3) is 0 Å². The zero-order valence-corrected chi connectivity index (χ0v) is 13.3. The Hall–Kier alpha value is -0.950. The van der Waals surface area contributed by atoms with Gasteiger partial charge in [0, 0.05) is 38.8 Å². The van der Waals surface area contributed by atoms with Gasteiger partial charge in [0.2, 0.25) is 0 Å². The fourth-order valence-corrected chi connectivity index (χ4v) is 2.50. The van der Waals surface area contributed by atoms with Crippen molar-refractivity contribution in [2.75, 3.05) is 39.3 Å². The third-order valence-electron chi connectivity index (χ3n) is 3.61. The first-order valence-electron chi connectivity index (χ1n) is 7.69. The number of β-amino-alcohol motifs (C(OH)–C–C–N with tert-alkyl or cyclic N) is 1. The van der Waals surface area contributed by atoms with Crippen molar-refractivity contribution in [1.82, 2.24) is 15.0 Å². The van der Waals surface area contributed by atoms with Crippen LogP contribution in [-0.2, 0) is 11.3 Å². The van der Waals surface area contributed by atoms with E-state index >= 15 is 0 Å². The molecule has 120 valence electrons. The van der Waals surface area contributed by atoms with E-state index in [9.17, 15) is 5.11 Å². The minimum atomic E-state index is -0.407. The number of hydrogen-bond acceptors (Lipinski definition) is 6. The minimum absolute atomic E-state index is 0.168. The molecule has 1 aromatic rings. The number of aromatic nitrogens is 1. The molecule has 1 saturated heterocycles. The molecule has 0 spiro atoms. The van der Waals surface area contributed by atoms with E-state index < -0.39 is 6.10 Å². The molecule has 1 fully saturated rings. The molecular weight excluding hydrogens is 270 g/mol. The topological polar surface area (TPSA) is 62.0 Å². The number of aryl methyl sites for hydroxylation is 1. The lowest BCUT2D eigenvalue weighted by molar-refractivity contribution is -0.0151. The van der Waals surface area contributed by atoms with E-state index in [4.69, 9.17) is 9.26 Å². The molecule has 1 unspecified atom stereocenters. The maximum absolute atomic E-state index is 9.95. The maximum atomic E-state index is 9.95. The summed E-state index contributed by atoms with van der Waals surface area (Å²) in [6.07, 6.45) is -0.238. The molecule has 0 aliphatic carbocycles. The lowest BCUT2D eigenvalue weighted by Gasteiger charge is -2.35. The molecular formula is C15H27N3O3. The molecule has 1 aliphatic heterocycles. The number of aliphatic hydroxyl groups excluding tert-OH is 1. The fourth-order valence-electron chi connectivity index (χ4n) is 2.50. The number of ether oxygens (including phenoxy) is 1. The molecule has 0 bridgehead atoms. The van der Waals surface area contributed by atoms with Gasteiger partial charge in [-0.05, 0) is 20.8 Å². The van der Waals surface area contributed by atoms with Crippen LogP contribution in [0.2, 0.25) is 0 Å². The molecule has 0 amide bonds. The van der Waals surface area contributed by atoms with E-state index in [0.717, 1.165) is 44.2 Å². The summed E-state index contributed by atoms with van der Waals surface area (Å²) < 4.78 is 10.7. The highest BCUT2D eigenvalue weighted by molar-refractivity contribution is 5.03. The number of rotatable bonds is 7. The normalized spacial score (nSPS) is 19.3. The van der Waals surface area contributed by atoms with Gasteiger partial charge in [-0.25, -0.2) is 0 Å². The van der Waals surface area contributed by atoms with Crippen LogP contribution < -0.4 is 0 Å². The van der Waals surface area contributed by atoms with Crippen molar-refractivity contribution in [2.24, 2.45) is 0 Å². The van der Waals surface area contributed by atoms with Gasteiger partial charge in [0.1, 0.15) is 0 Å². The van der Waals surface area contributed by atoms with Crippen molar-refractivity contribution in [3.63, 3.8) is 0 Å². The molecule has 21 heavy (non-hydrogen) atoms. The predicted molar refractivity (Wildman–Crippen MR) is 80.1 cm³/mol. The summed E-state index contributed by atoms with van der Waals surface area (Å²) in [6.45, 7) is 11.7. The number of aliphatic hydroxyl groups is 1. The highest BCUT2D eigenvalue weighted by Gasteiger charge is 2.20. The first-order chi connectivity index (χ1) is 10.0. The fraction of sp³-hybridized carbons (Fsp3) is 0.800. The van der Waals surface area contributed by atoms with Crippen LogP contribution in [-0.4, -0.2) is 71.6 Å². The summed E-state index contributed by atoms with van der Waals surface area (Å²) in [7, 11) is 0. The second-order valence-electron chi connectivity index (χ2n) is 6.05. The van der Waals surface area contributed by atoms with E-state index in [-0.39, 0.29) is 6.10 Å². The molecule has 2 heterocycles. The zero-order valence-electron chi connectivity index (χ0n) is 13.3.